The highest BCUT2D eigenvalue weighted by Crippen LogP contribution is 2.55. The Morgan fingerprint density at radius 1 is 1.25 bits per heavy atom. The number of halogens is 6. The van der Waals surface area contributed by atoms with E-state index in [1.807, 2.05) is 0 Å². The van der Waals surface area contributed by atoms with E-state index in [2.05, 4.69) is 8.92 Å². The zero-order valence-corrected chi connectivity index (χ0v) is 17.5. The van der Waals surface area contributed by atoms with E-state index in [1.165, 1.54) is 6.92 Å². The van der Waals surface area contributed by atoms with Crippen LogP contribution in [0.2, 0.25) is 5.02 Å². The van der Waals surface area contributed by atoms with Gasteiger partial charge in [0.2, 0.25) is 11.4 Å². The normalized spacial score (nSPS) is 23.2. The maximum Gasteiger partial charge on any atom is 0.534 e. The predicted molar refractivity (Wildman–Crippen MR) is 95.3 cm³/mol. The number of hydrogen-bond acceptors (Lipinski definition) is 8. The Bertz CT molecular complexity index is 1130. The molecule has 0 N–H and O–H groups in total. The number of rotatable bonds is 5. The monoisotopic (exact) mass is 506 g/mol. The van der Waals surface area contributed by atoms with Gasteiger partial charge in [-0.05, 0) is 0 Å². The molecule has 0 saturated heterocycles. The van der Waals surface area contributed by atoms with E-state index in [4.69, 9.17) is 21.1 Å². The van der Waals surface area contributed by atoms with Crippen molar-refractivity contribution in [2.24, 2.45) is 5.92 Å². The average Bonchev–Trinajstić information content (AvgIpc) is 2.95. The third kappa shape index (κ3) is 3.64. The van der Waals surface area contributed by atoms with Gasteiger partial charge in [-0.25, -0.2) is 0 Å². The summed E-state index contributed by atoms with van der Waals surface area (Å²) in [5.41, 5.74) is -8.67. The molecule has 8 nitrogen and oxygen atoms in total. The molecule has 0 bridgehead atoms. The molecule has 1 aromatic carbocycles. The fourth-order valence-corrected chi connectivity index (χ4v) is 4.14. The molecule has 0 amide bonds. The second-order valence-corrected chi connectivity index (χ2v) is 8.62. The number of hydrogen-bond donors (Lipinski definition) is 0. The lowest BCUT2D eigenvalue weighted by Crippen LogP contribution is -2.51. The number of Topliss-reactive ketones (excluding diaryl/α,β-unsaturated/α-hetero) is 1. The lowest BCUT2D eigenvalue weighted by Gasteiger charge is -2.36. The number of methoxy groups -OCH3 is 1. The van der Waals surface area contributed by atoms with Gasteiger partial charge in [-0.15, -0.1) is 0 Å². The molecule has 0 aromatic heterocycles. The van der Waals surface area contributed by atoms with E-state index < -0.39 is 73.2 Å². The highest BCUT2D eigenvalue weighted by atomic mass is 35.5. The number of allylic oxidation sites excluding steroid dienone is 1. The van der Waals surface area contributed by atoms with Gasteiger partial charge in [-0.3, -0.25) is 9.59 Å². The van der Waals surface area contributed by atoms with Gasteiger partial charge in [0.15, 0.2) is 23.0 Å². The van der Waals surface area contributed by atoms with E-state index in [-0.39, 0.29) is 12.2 Å². The summed E-state index contributed by atoms with van der Waals surface area (Å²) in [6, 6.07) is 0.297. The molecule has 32 heavy (non-hydrogen) atoms. The van der Waals surface area contributed by atoms with Crippen LogP contribution in [0.5, 0.6) is 17.2 Å². The minimum Gasteiger partial charge on any atom is -0.496 e. The van der Waals surface area contributed by atoms with Gasteiger partial charge < -0.3 is 18.4 Å². The summed E-state index contributed by atoms with van der Waals surface area (Å²) in [5, 5.41) is -0.931. The van der Waals surface area contributed by atoms with Crippen LogP contribution in [0.25, 0.3) is 0 Å². The highest BCUT2D eigenvalue weighted by molar-refractivity contribution is 7.88. The van der Waals surface area contributed by atoms with Crippen LogP contribution in [0.4, 0.5) is 22.0 Å². The summed E-state index contributed by atoms with van der Waals surface area (Å²) in [6.45, 7) is -2.17. The third-order valence-electron chi connectivity index (χ3n) is 4.76. The van der Waals surface area contributed by atoms with Crippen molar-refractivity contribution in [3.63, 3.8) is 0 Å². The number of ether oxygens (including phenoxy) is 3. The van der Waals surface area contributed by atoms with Gasteiger partial charge in [0.25, 0.3) is 0 Å². The number of carbonyl (C=O) groups excluding carboxylic acids is 2. The smallest absolute Gasteiger partial charge is 0.496 e. The quantitative estimate of drug-likeness (QED) is 0.339. The molecule has 0 fully saturated rings. The number of fused-ring (bicyclic) bond motifs is 1. The summed E-state index contributed by atoms with van der Waals surface area (Å²) in [4.78, 5) is 25.2. The second-order valence-electron chi connectivity index (χ2n) is 6.70. The van der Waals surface area contributed by atoms with Crippen molar-refractivity contribution in [1.29, 1.82) is 0 Å². The van der Waals surface area contributed by atoms with Crippen molar-refractivity contribution in [2.75, 3.05) is 7.11 Å². The topological polar surface area (TPSA) is 105 Å². The molecule has 3 rings (SSSR count). The zero-order valence-electron chi connectivity index (χ0n) is 16.0. The standard InChI is InChI=1S/C17H12ClF5O8S/c1-6-3-7(24)4-10(28-2)16(6)14(25)11-8(29-15(19)20)5-9(12(18)13(11)30-16)31-32(26,27)17(21,22)23/h4-6,15H,3H2,1-2H3/t6-,16+/m1/s1. The molecule has 0 saturated carbocycles. The van der Waals surface area contributed by atoms with Gasteiger partial charge in [-0.2, -0.15) is 30.4 Å². The van der Waals surface area contributed by atoms with Crippen LogP contribution in [-0.2, 0) is 19.6 Å². The lowest BCUT2D eigenvalue weighted by molar-refractivity contribution is -0.118. The van der Waals surface area contributed by atoms with Crippen molar-refractivity contribution in [3.05, 3.63) is 28.5 Å². The van der Waals surface area contributed by atoms with Crippen LogP contribution >= 0.6 is 11.6 Å². The minimum absolute atomic E-state index is 0.235. The molecule has 0 radical (unpaired) electrons. The third-order valence-corrected chi connectivity index (χ3v) is 6.08. The first-order chi connectivity index (χ1) is 14.7. The van der Waals surface area contributed by atoms with Crippen LogP contribution < -0.4 is 13.7 Å². The Morgan fingerprint density at radius 3 is 2.41 bits per heavy atom. The maximum atomic E-state index is 13.3. The maximum absolute atomic E-state index is 13.3. The zero-order chi connectivity index (χ0) is 24.2. The molecule has 1 aromatic rings. The van der Waals surface area contributed by atoms with E-state index in [0.717, 1.165) is 13.2 Å². The number of benzene rings is 1. The van der Waals surface area contributed by atoms with Gasteiger partial charge in [-0.1, -0.05) is 18.5 Å². The summed E-state index contributed by atoms with van der Waals surface area (Å²) in [5.74, 6) is -5.82. The van der Waals surface area contributed by atoms with Crippen molar-refractivity contribution >= 4 is 33.3 Å². The summed E-state index contributed by atoms with van der Waals surface area (Å²) >= 11 is 5.95. The minimum atomic E-state index is -6.27. The molecule has 2 atom stereocenters. The molecule has 1 aliphatic heterocycles. The summed E-state index contributed by atoms with van der Waals surface area (Å²) in [7, 11) is -5.17. The SMILES string of the molecule is COC1=CC(=O)C[C@@H](C)[C@]12Oc1c(Cl)c(OS(=O)(=O)C(F)(F)F)cc(OC(F)F)c1C2=O. The largest absolute Gasteiger partial charge is 0.534 e. The molecule has 1 heterocycles. The number of alkyl halides is 5. The van der Waals surface area contributed by atoms with Crippen molar-refractivity contribution in [2.45, 2.75) is 31.1 Å². The predicted octanol–water partition coefficient (Wildman–Crippen LogP) is 3.62. The van der Waals surface area contributed by atoms with Gasteiger partial charge in [0.1, 0.15) is 16.3 Å². The van der Waals surface area contributed by atoms with Gasteiger partial charge >= 0.3 is 22.2 Å². The Hall–Kier alpha value is -2.61. The molecule has 2 aliphatic rings. The van der Waals surface area contributed by atoms with Crippen molar-refractivity contribution in [3.8, 4) is 17.2 Å². The fraction of sp³-hybridized carbons (Fsp3) is 0.412. The molecular formula is C17H12ClF5O8S. The molecule has 15 heteroatoms. The van der Waals surface area contributed by atoms with Crippen LogP contribution in [-0.4, -0.2) is 44.8 Å². The van der Waals surface area contributed by atoms with E-state index in [9.17, 15) is 40.0 Å². The first-order valence-electron chi connectivity index (χ1n) is 8.50. The van der Waals surface area contributed by atoms with Gasteiger partial charge in [0.05, 0.1) is 7.11 Å². The van der Waals surface area contributed by atoms with E-state index in [0.29, 0.717) is 6.07 Å². The highest BCUT2D eigenvalue weighted by Gasteiger charge is 2.60. The first-order valence-corrected chi connectivity index (χ1v) is 10.3. The fourth-order valence-electron chi connectivity index (χ4n) is 3.40. The summed E-state index contributed by atoms with van der Waals surface area (Å²) < 4.78 is 106. The van der Waals surface area contributed by atoms with E-state index >= 15 is 0 Å². The molecule has 0 unspecified atom stereocenters. The van der Waals surface area contributed by atoms with E-state index in [1.54, 1.807) is 0 Å². The van der Waals surface area contributed by atoms with Crippen molar-refractivity contribution in [1.82, 2.24) is 0 Å². The Balaban J connectivity index is 2.24. The van der Waals surface area contributed by atoms with Gasteiger partial charge in [0, 0.05) is 24.5 Å². The molecule has 1 aliphatic carbocycles. The Morgan fingerprint density at radius 2 is 1.88 bits per heavy atom. The van der Waals surface area contributed by atoms with Crippen LogP contribution in [0, 0.1) is 5.92 Å². The molecular weight excluding hydrogens is 495 g/mol. The number of ketones is 2. The second kappa shape index (κ2) is 7.76. The average molecular weight is 507 g/mol. The lowest BCUT2D eigenvalue weighted by atomic mass is 9.75. The Kier molecular flexibility index (Phi) is 5.83. The summed E-state index contributed by atoms with van der Waals surface area (Å²) in [6.07, 6.45) is 0.706. The Labute approximate surface area is 181 Å². The molecule has 1 spiro atoms. The number of carbonyl (C=O) groups is 2. The molecule has 176 valence electrons. The first kappa shape index (κ1) is 24.0. The van der Waals surface area contributed by atoms with Crippen LogP contribution in [0.15, 0.2) is 17.9 Å². The van der Waals surface area contributed by atoms with Crippen molar-refractivity contribution < 1.29 is 58.4 Å². The van der Waals surface area contributed by atoms with Crippen LogP contribution in [0.1, 0.15) is 23.7 Å². The van der Waals surface area contributed by atoms with Crippen LogP contribution in [0.3, 0.4) is 0 Å².